The summed E-state index contributed by atoms with van der Waals surface area (Å²) in [5, 5.41) is 7.34. The van der Waals surface area contributed by atoms with Crippen LogP contribution in [0.15, 0.2) is 18.3 Å². The third-order valence-corrected chi connectivity index (χ3v) is 2.81. The van der Waals surface area contributed by atoms with Crippen LogP contribution in [0.3, 0.4) is 0 Å². The van der Waals surface area contributed by atoms with Crippen molar-refractivity contribution in [3.63, 3.8) is 0 Å². The monoisotopic (exact) mass is 221 g/mol. The van der Waals surface area contributed by atoms with Gasteiger partial charge in [-0.3, -0.25) is 5.10 Å². The van der Waals surface area contributed by atoms with E-state index < -0.39 is 0 Å². The van der Waals surface area contributed by atoms with E-state index in [2.05, 4.69) is 10.2 Å². The summed E-state index contributed by atoms with van der Waals surface area (Å²) in [5.74, 6) is 0.569. The molecule has 1 aromatic carbocycles. The Hall–Kier alpha value is -1.48. The Bertz CT molecular complexity index is 503. The summed E-state index contributed by atoms with van der Waals surface area (Å²) in [6.07, 6.45) is 1.72. The number of benzene rings is 1. The zero-order valence-corrected chi connectivity index (χ0v) is 9.39. The number of H-pyrrole nitrogens is 1. The smallest absolute Gasteiger partial charge is 0.126 e. The molecule has 0 atom stereocenters. The maximum Gasteiger partial charge on any atom is 0.126 e. The Morgan fingerprint density at radius 2 is 2.00 bits per heavy atom. The van der Waals surface area contributed by atoms with E-state index in [4.69, 9.17) is 17.3 Å². The molecule has 78 valence electrons. The second-order valence-electron chi connectivity index (χ2n) is 3.59. The zero-order valence-electron chi connectivity index (χ0n) is 8.63. The molecule has 0 bridgehead atoms. The summed E-state index contributed by atoms with van der Waals surface area (Å²) in [4.78, 5) is 0. The van der Waals surface area contributed by atoms with E-state index >= 15 is 0 Å². The first-order valence-corrected chi connectivity index (χ1v) is 5.03. The van der Waals surface area contributed by atoms with Crippen LogP contribution in [0.2, 0.25) is 5.02 Å². The van der Waals surface area contributed by atoms with E-state index in [1.165, 1.54) is 5.56 Å². The topological polar surface area (TPSA) is 54.7 Å². The predicted molar refractivity (Wildman–Crippen MR) is 62.9 cm³/mol. The fourth-order valence-electron chi connectivity index (χ4n) is 1.61. The molecule has 0 amide bonds. The maximum atomic E-state index is 6.02. The minimum atomic E-state index is 0.569. The van der Waals surface area contributed by atoms with Crippen molar-refractivity contribution in [3.05, 3.63) is 34.5 Å². The van der Waals surface area contributed by atoms with Crippen LogP contribution in [0.1, 0.15) is 11.1 Å². The average Bonchev–Trinajstić information content (AvgIpc) is 2.58. The molecular weight excluding hydrogens is 210 g/mol. The molecule has 0 spiro atoms. The molecule has 0 radical (unpaired) electrons. The number of nitrogen functional groups attached to an aromatic ring is 1. The second kappa shape index (κ2) is 3.59. The molecule has 2 rings (SSSR count). The van der Waals surface area contributed by atoms with Crippen molar-refractivity contribution in [1.29, 1.82) is 0 Å². The Morgan fingerprint density at radius 1 is 1.27 bits per heavy atom. The van der Waals surface area contributed by atoms with E-state index in [9.17, 15) is 0 Å². The van der Waals surface area contributed by atoms with Crippen LogP contribution in [0.4, 0.5) is 5.82 Å². The van der Waals surface area contributed by atoms with Crippen molar-refractivity contribution in [2.24, 2.45) is 0 Å². The molecule has 4 heteroatoms. The summed E-state index contributed by atoms with van der Waals surface area (Å²) >= 11 is 6.02. The first kappa shape index (κ1) is 10.1. The van der Waals surface area contributed by atoms with Crippen molar-refractivity contribution < 1.29 is 0 Å². The van der Waals surface area contributed by atoms with Crippen LogP contribution < -0.4 is 5.73 Å². The summed E-state index contributed by atoms with van der Waals surface area (Å²) in [6, 6.07) is 3.85. The van der Waals surface area contributed by atoms with Gasteiger partial charge in [0.2, 0.25) is 0 Å². The molecule has 1 heterocycles. The number of halogens is 1. The van der Waals surface area contributed by atoms with E-state index in [1.807, 2.05) is 26.0 Å². The van der Waals surface area contributed by atoms with Gasteiger partial charge in [-0.2, -0.15) is 5.10 Å². The highest BCUT2D eigenvalue weighted by Gasteiger charge is 2.10. The Kier molecular flexibility index (Phi) is 2.40. The third kappa shape index (κ3) is 1.70. The molecule has 0 unspecified atom stereocenters. The number of nitrogens with zero attached hydrogens (tertiary/aromatic N) is 1. The number of aromatic amines is 1. The lowest BCUT2D eigenvalue weighted by atomic mass is 9.99. The largest absolute Gasteiger partial charge is 0.384 e. The van der Waals surface area contributed by atoms with Crippen LogP contribution in [-0.2, 0) is 0 Å². The molecule has 0 aliphatic heterocycles. The quantitative estimate of drug-likeness (QED) is 0.778. The number of aryl methyl sites for hydroxylation is 1. The molecule has 15 heavy (non-hydrogen) atoms. The van der Waals surface area contributed by atoms with Gasteiger partial charge in [0.05, 0.1) is 6.20 Å². The Balaban J connectivity index is 2.68. The molecular formula is C11H12ClN3. The van der Waals surface area contributed by atoms with Gasteiger partial charge in [-0.05, 0) is 42.7 Å². The van der Waals surface area contributed by atoms with Crippen LogP contribution in [0.25, 0.3) is 11.1 Å². The Labute approximate surface area is 93.3 Å². The van der Waals surface area contributed by atoms with Crippen LogP contribution in [-0.4, -0.2) is 10.2 Å². The highest BCUT2D eigenvalue weighted by atomic mass is 35.5. The first-order valence-electron chi connectivity index (χ1n) is 4.65. The van der Waals surface area contributed by atoms with E-state index in [0.717, 1.165) is 16.7 Å². The maximum absolute atomic E-state index is 6.02. The molecule has 0 aliphatic carbocycles. The van der Waals surface area contributed by atoms with E-state index in [0.29, 0.717) is 10.8 Å². The third-order valence-electron chi connectivity index (χ3n) is 2.59. The number of aromatic nitrogens is 2. The summed E-state index contributed by atoms with van der Waals surface area (Å²) in [7, 11) is 0. The van der Waals surface area contributed by atoms with Gasteiger partial charge >= 0.3 is 0 Å². The molecule has 0 saturated carbocycles. The molecule has 3 N–H and O–H groups in total. The zero-order chi connectivity index (χ0) is 11.0. The van der Waals surface area contributed by atoms with Gasteiger partial charge in [0.15, 0.2) is 0 Å². The van der Waals surface area contributed by atoms with Crippen molar-refractivity contribution >= 4 is 17.4 Å². The Morgan fingerprint density at radius 3 is 2.60 bits per heavy atom. The SMILES string of the molecule is Cc1cc(Cl)cc(-c2cn[nH]c2N)c1C. The average molecular weight is 222 g/mol. The highest BCUT2D eigenvalue weighted by Crippen LogP contribution is 2.31. The molecule has 0 fully saturated rings. The van der Waals surface area contributed by atoms with Gasteiger partial charge in [-0.25, -0.2) is 0 Å². The van der Waals surface area contributed by atoms with Gasteiger partial charge in [-0.1, -0.05) is 11.6 Å². The predicted octanol–water partition coefficient (Wildman–Crippen LogP) is 2.93. The lowest BCUT2D eigenvalue weighted by Gasteiger charge is -2.08. The van der Waals surface area contributed by atoms with Gasteiger partial charge in [0, 0.05) is 10.6 Å². The van der Waals surface area contributed by atoms with Gasteiger partial charge in [0.25, 0.3) is 0 Å². The van der Waals surface area contributed by atoms with Crippen molar-refractivity contribution in [2.45, 2.75) is 13.8 Å². The van der Waals surface area contributed by atoms with E-state index in [1.54, 1.807) is 6.20 Å². The number of anilines is 1. The van der Waals surface area contributed by atoms with Crippen molar-refractivity contribution in [3.8, 4) is 11.1 Å². The van der Waals surface area contributed by atoms with Gasteiger partial charge in [0.1, 0.15) is 5.82 Å². The van der Waals surface area contributed by atoms with Crippen LogP contribution >= 0.6 is 11.6 Å². The highest BCUT2D eigenvalue weighted by molar-refractivity contribution is 6.31. The van der Waals surface area contributed by atoms with Crippen LogP contribution in [0.5, 0.6) is 0 Å². The molecule has 2 aromatic rings. The molecule has 0 aliphatic rings. The molecule has 0 saturated heterocycles. The summed E-state index contributed by atoms with van der Waals surface area (Å²) < 4.78 is 0. The van der Waals surface area contributed by atoms with Crippen molar-refractivity contribution in [1.82, 2.24) is 10.2 Å². The molecule has 3 nitrogen and oxygen atoms in total. The second-order valence-corrected chi connectivity index (χ2v) is 4.03. The minimum Gasteiger partial charge on any atom is -0.384 e. The van der Waals surface area contributed by atoms with E-state index in [-0.39, 0.29) is 0 Å². The van der Waals surface area contributed by atoms with Crippen LogP contribution in [0, 0.1) is 13.8 Å². The first-order chi connectivity index (χ1) is 7.09. The fraction of sp³-hybridized carbons (Fsp3) is 0.182. The lowest BCUT2D eigenvalue weighted by Crippen LogP contribution is -1.91. The normalized spacial score (nSPS) is 10.6. The number of rotatable bonds is 1. The number of hydrogen-bond acceptors (Lipinski definition) is 2. The summed E-state index contributed by atoms with van der Waals surface area (Å²) in [6.45, 7) is 4.08. The summed E-state index contributed by atoms with van der Waals surface area (Å²) in [5.41, 5.74) is 10.0. The van der Waals surface area contributed by atoms with Gasteiger partial charge < -0.3 is 5.73 Å². The van der Waals surface area contributed by atoms with Crippen molar-refractivity contribution in [2.75, 3.05) is 5.73 Å². The van der Waals surface area contributed by atoms with Gasteiger partial charge in [-0.15, -0.1) is 0 Å². The minimum absolute atomic E-state index is 0.569. The standard InChI is InChI=1S/C11H12ClN3/c1-6-3-8(12)4-9(7(6)2)10-5-14-15-11(10)13/h3-5H,1-2H3,(H3,13,14,15). The fourth-order valence-corrected chi connectivity index (χ4v) is 1.88. The number of hydrogen-bond donors (Lipinski definition) is 2. The molecule has 1 aromatic heterocycles. The number of nitrogens with two attached hydrogens (primary N) is 1. The lowest BCUT2D eigenvalue weighted by molar-refractivity contribution is 1.10. The number of nitrogens with one attached hydrogen (secondary N) is 1.